The van der Waals surface area contributed by atoms with Gasteiger partial charge in [-0.05, 0) is 67.0 Å². The lowest BCUT2D eigenvalue weighted by molar-refractivity contribution is 0.0948. The molecule has 0 bridgehead atoms. The molecule has 0 unspecified atom stereocenters. The fraction of sp³-hybridized carbons (Fsp3) is 0.286. The van der Waals surface area contributed by atoms with Crippen LogP contribution in [0, 0.1) is 5.82 Å². The SMILES string of the molecule is Cn1c2c(cc(C(=O)NCc3cc4ccc(F)cc4[nH]c3=O)c1=O)CCCC2. The number of amides is 1. The zero-order valence-corrected chi connectivity index (χ0v) is 15.5. The van der Waals surface area contributed by atoms with E-state index >= 15 is 0 Å². The highest BCUT2D eigenvalue weighted by atomic mass is 19.1. The number of H-pyrrole nitrogens is 1. The molecule has 0 saturated heterocycles. The number of carbonyl (C=O) groups excluding carboxylic acids is 1. The van der Waals surface area contributed by atoms with Crippen molar-refractivity contribution in [1.29, 1.82) is 0 Å². The van der Waals surface area contributed by atoms with Crippen LogP contribution in [0.5, 0.6) is 0 Å². The van der Waals surface area contributed by atoms with Crippen molar-refractivity contribution in [1.82, 2.24) is 14.9 Å². The highest BCUT2D eigenvalue weighted by molar-refractivity contribution is 5.94. The Kier molecular flexibility index (Phi) is 4.58. The van der Waals surface area contributed by atoms with Crippen LogP contribution in [0.2, 0.25) is 0 Å². The third-order valence-electron chi connectivity index (χ3n) is 5.31. The number of halogens is 1. The van der Waals surface area contributed by atoms with E-state index in [1.165, 1.54) is 12.1 Å². The van der Waals surface area contributed by atoms with Gasteiger partial charge in [-0.3, -0.25) is 14.4 Å². The Morgan fingerprint density at radius 3 is 2.79 bits per heavy atom. The number of nitrogens with zero attached hydrogens (tertiary/aromatic N) is 1. The molecule has 0 aliphatic heterocycles. The largest absolute Gasteiger partial charge is 0.348 e. The number of aromatic nitrogens is 2. The van der Waals surface area contributed by atoms with E-state index in [1.807, 2.05) is 0 Å². The standard InChI is InChI=1S/C21H20FN3O3/c1-25-18-5-3-2-4-13(18)9-16(21(25)28)20(27)23-11-14-8-12-6-7-15(22)10-17(12)24-19(14)26/h6-10H,2-5,11H2,1H3,(H,23,27)(H,24,26). The van der Waals surface area contributed by atoms with E-state index < -0.39 is 17.3 Å². The molecule has 2 heterocycles. The van der Waals surface area contributed by atoms with Gasteiger partial charge in [0.25, 0.3) is 17.0 Å². The molecular weight excluding hydrogens is 361 g/mol. The minimum absolute atomic E-state index is 0.0261. The fourth-order valence-corrected chi connectivity index (χ4v) is 3.77. The lowest BCUT2D eigenvalue weighted by Gasteiger charge is -2.20. The number of fused-ring (bicyclic) bond motifs is 2. The molecule has 3 aromatic rings. The Hall–Kier alpha value is -3.22. The molecule has 28 heavy (non-hydrogen) atoms. The first-order chi connectivity index (χ1) is 13.4. The van der Waals surface area contributed by atoms with E-state index in [2.05, 4.69) is 10.3 Å². The summed E-state index contributed by atoms with van der Waals surface area (Å²) < 4.78 is 14.8. The molecule has 144 valence electrons. The van der Waals surface area contributed by atoms with Gasteiger partial charge in [0.1, 0.15) is 11.4 Å². The molecule has 0 radical (unpaired) electrons. The maximum atomic E-state index is 13.3. The second-order valence-electron chi connectivity index (χ2n) is 7.14. The molecule has 2 N–H and O–H groups in total. The molecule has 0 atom stereocenters. The molecule has 0 saturated carbocycles. The average molecular weight is 381 g/mol. The number of carbonyl (C=O) groups is 1. The minimum Gasteiger partial charge on any atom is -0.348 e. The van der Waals surface area contributed by atoms with Crippen molar-refractivity contribution in [2.75, 3.05) is 0 Å². The highest BCUT2D eigenvalue weighted by Crippen LogP contribution is 2.20. The van der Waals surface area contributed by atoms with Gasteiger partial charge < -0.3 is 14.9 Å². The highest BCUT2D eigenvalue weighted by Gasteiger charge is 2.19. The summed E-state index contributed by atoms with van der Waals surface area (Å²) in [5.41, 5.74) is 2.10. The smallest absolute Gasteiger partial charge is 0.263 e. The number of hydrogen-bond donors (Lipinski definition) is 2. The van der Waals surface area contributed by atoms with Gasteiger partial charge in [-0.1, -0.05) is 0 Å². The van der Waals surface area contributed by atoms with Gasteiger partial charge in [0, 0.05) is 24.8 Å². The number of aryl methyl sites for hydroxylation is 1. The van der Waals surface area contributed by atoms with Crippen molar-refractivity contribution in [3.63, 3.8) is 0 Å². The summed E-state index contributed by atoms with van der Waals surface area (Å²) in [6.07, 6.45) is 3.78. The summed E-state index contributed by atoms with van der Waals surface area (Å²) in [5, 5.41) is 3.32. The molecule has 7 heteroatoms. The molecule has 1 amide bonds. The Morgan fingerprint density at radius 1 is 1.18 bits per heavy atom. The quantitative estimate of drug-likeness (QED) is 0.729. The van der Waals surface area contributed by atoms with Crippen LogP contribution in [0.15, 0.2) is 39.9 Å². The van der Waals surface area contributed by atoms with Crippen LogP contribution in [0.1, 0.15) is 40.0 Å². The van der Waals surface area contributed by atoms with Crippen molar-refractivity contribution in [2.24, 2.45) is 7.05 Å². The summed E-state index contributed by atoms with van der Waals surface area (Å²) >= 11 is 0. The van der Waals surface area contributed by atoms with Gasteiger partial charge >= 0.3 is 0 Å². The summed E-state index contributed by atoms with van der Waals surface area (Å²) in [5.74, 6) is -0.944. The predicted molar refractivity (Wildman–Crippen MR) is 104 cm³/mol. The zero-order valence-electron chi connectivity index (χ0n) is 15.5. The average Bonchev–Trinajstić information content (AvgIpc) is 2.69. The van der Waals surface area contributed by atoms with Crippen molar-refractivity contribution < 1.29 is 9.18 Å². The number of pyridine rings is 2. The maximum absolute atomic E-state index is 13.3. The second kappa shape index (κ2) is 7.07. The van der Waals surface area contributed by atoms with Gasteiger partial charge in [-0.2, -0.15) is 0 Å². The maximum Gasteiger partial charge on any atom is 0.263 e. The molecule has 0 fully saturated rings. The van der Waals surface area contributed by atoms with Crippen molar-refractivity contribution in [2.45, 2.75) is 32.2 Å². The topological polar surface area (TPSA) is 84.0 Å². The third kappa shape index (κ3) is 3.24. The van der Waals surface area contributed by atoms with Crippen LogP contribution in [0.25, 0.3) is 10.9 Å². The van der Waals surface area contributed by atoms with E-state index in [9.17, 15) is 18.8 Å². The van der Waals surface area contributed by atoms with Crippen molar-refractivity contribution >= 4 is 16.8 Å². The zero-order chi connectivity index (χ0) is 19.8. The van der Waals surface area contributed by atoms with Crippen molar-refractivity contribution in [3.05, 3.63) is 79.2 Å². The molecule has 4 rings (SSSR count). The molecular formula is C21H20FN3O3. The number of benzene rings is 1. The lowest BCUT2D eigenvalue weighted by atomic mass is 9.94. The lowest BCUT2D eigenvalue weighted by Crippen LogP contribution is -2.35. The summed E-state index contributed by atoms with van der Waals surface area (Å²) in [6, 6.07) is 7.40. The van der Waals surface area contributed by atoms with Crippen LogP contribution in [-0.2, 0) is 26.4 Å². The van der Waals surface area contributed by atoms with Crippen molar-refractivity contribution in [3.8, 4) is 0 Å². The Labute approximate surface area is 160 Å². The number of rotatable bonds is 3. The fourth-order valence-electron chi connectivity index (χ4n) is 3.77. The first kappa shape index (κ1) is 18.2. The van der Waals surface area contributed by atoms with Crippen LogP contribution < -0.4 is 16.4 Å². The third-order valence-corrected chi connectivity index (χ3v) is 5.31. The summed E-state index contributed by atoms with van der Waals surface area (Å²) in [4.78, 5) is 40.0. The van der Waals surface area contributed by atoms with E-state index in [0.29, 0.717) is 16.5 Å². The number of nitrogens with one attached hydrogen (secondary N) is 2. The van der Waals surface area contributed by atoms with Gasteiger partial charge in [-0.25, -0.2) is 4.39 Å². The van der Waals surface area contributed by atoms with Gasteiger partial charge in [0.2, 0.25) is 0 Å². The molecule has 1 aromatic carbocycles. The van der Waals surface area contributed by atoms with Gasteiger partial charge in [-0.15, -0.1) is 0 Å². The van der Waals surface area contributed by atoms with Crippen LogP contribution in [0.4, 0.5) is 4.39 Å². The number of hydrogen-bond acceptors (Lipinski definition) is 3. The predicted octanol–water partition coefficient (Wildman–Crippen LogP) is 2.17. The first-order valence-electron chi connectivity index (χ1n) is 9.25. The van der Waals surface area contributed by atoms with E-state index in [1.54, 1.807) is 29.8 Å². The normalized spacial score (nSPS) is 13.4. The second-order valence-corrected chi connectivity index (χ2v) is 7.14. The minimum atomic E-state index is -0.507. The Morgan fingerprint density at radius 2 is 1.96 bits per heavy atom. The summed E-state index contributed by atoms with van der Waals surface area (Å²) in [6.45, 7) is -0.0261. The van der Waals surface area contributed by atoms with E-state index in [0.717, 1.165) is 36.9 Å². The van der Waals surface area contributed by atoms with E-state index in [4.69, 9.17) is 0 Å². The summed E-state index contributed by atoms with van der Waals surface area (Å²) in [7, 11) is 1.69. The Bertz CT molecular complexity index is 1210. The monoisotopic (exact) mass is 381 g/mol. The van der Waals surface area contributed by atoms with Gasteiger partial charge in [0.15, 0.2) is 0 Å². The van der Waals surface area contributed by atoms with Crippen LogP contribution in [-0.4, -0.2) is 15.5 Å². The van der Waals surface area contributed by atoms with Crippen LogP contribution >= 0.6 is 0 Å². The Balaban J connectivity index is 1.60. The van der Waals surface area contributed by atoms with Gasteiger partial charge in [0.05, 0.1) is 5.52 Å². The molecule has 6 nitrogen and oxygen atoms in total. The van der Waals surface area contributed by atoms with Crippen LogP contribution in [0.3, 0.4) is 0 Å². The molecule has 2 aromatic heterocycles. The molecule has 1 aliphatic carbocycles. The first-order valence-corrected chi connectivity index (χ1v) is 9.25. The van der Waals surface area contributed by atoms with E-state index in [-0.39, 0.29) is 17.7 Å². The molecule has 1 aliphatic rings. The molecule has 0 spiro atoms. The number of aromatic amines is 1.